The maximum atomic E-state index is 12.3. The van der Waals surface area contributed by atoms with Crippen molar-refractivity contribution in [2.45, 2.75) is 58.4 Å². The maximum Gasteiger partial charge on any atom is 0.258 e. The lowest BCUT2D eigenvalue weighted by Gasteiger charge is -2.22. The molecule has 2 N–H and O–H groups in total. The highest BCUT2D eigenvalue weighted by molar-refractivity contribution is 7.88. The SMILES string of the molecule is CC(C)NS(=O)(=O)Cc1ccccc1CNC(=O)COc1ccccc1C(C)(C)C. The van der Waals surface area contributed by atoms with Gasteiger partial charge in [0.1, 0.15) is 5.75 Å². The zero-order valence-corrected chi connectivity index (χ0v) is 19.2. The van der Waals surface area contributed by atoms with Crippen molar-refractivity contribution in [3.8, 4) is 5.75 Å². The van der Waals surface area contributed by atoms with Crippen molar-refractivity contribution < 1.29 is 17.9 Å². The number of benzene rings is 2. The number of rotatable bonds is 9. The van der Waals surface area contributed by atoms with Gasteiger partial charge in [-0.25, -0.2) is 13.1 Å². The number of nitrogens with one attached hydrogen (secondary N) is 2. The minimum atomic E-state index is -3.45. The Labute approximate surface area is 180 Å². The zero-order chi connectivity index (χ0) is 22.4. The Bertz CT molecular complexity index is 963. The Kier molecular flexibility index (Phi) is 8.03. The molecule has 164 valence electrons. The molecule has 0 aliphatic heterocycles. The monoisotopic (exact) mass is 432 g/mol. The average molecular weight is 433 g/mol. The summed E-state index contributed by atoms with van der Waals surface area (Å²) in [6.45, 7) is 9.96. The average Bonchev–Trinajstić information content (AvgIpc) is 2.63. The van der Waals surface area contributed by atoms with Gasteiger partial charge in [-0.2, -0.15) is 0 Å². The van der Waals surface area contributed by atoms with Gasteiger partial charge in [-0.3, -0.25) is 4.79 Å². The van der Waals surface area contributed by atoms with E-state index in [1.807, 2.05) is 36.4 Å². The van der Waals surface area contributed by atoms with Crippen LogP contribution in [0.4, 0.5) is 0 Å². The van der Waals surface area contributed by atoms with E-state index in [9.17, 15) is 13.2 Å². The zero-order valence-electron chi connectivity index (χ0n) is 18.4. The molecule has 0 radical (unpaired) electrons. The number of para-hydroxylation sites is 1. The predicted octanol–water partition coefficient (Wildman–Crippen LogP) is 3.51. The summed E-state index contributed by atoms with van der Waals surface area (Å²) in [4.78, 5) is 12.3. The third kappa shape index (κ3) is 7.46. The second-order valence-corrected chi connectivity index (χ2v) is 10.4. The van der Waals surface area contributed by atoms with Crippen molar-refractivity contribution in [1.29, 1.82) is 0 Å². The Morgan fingerprint density at radius 1 is 1.00 bits per heavy atom. The first-order valence-electron chi connectivity index (χ1n) is 10.0. The molecule has 6 nitrogen and oxygen atoms in total. The second-order valence-electron chi connectivity index (χ2n) is 8.61. The lowest BCUT2D eigenvalue weighted by Crippen LogP contribution is -2.32. The third-order valence-electron chi connectivity index (χ3n) is 4.41. The number of hydrogen-bond donors (Lipinski definition) is 2. The first kappa shape index (κ1) is 23.9. The van der Waals surface area contributed by atoms with Crippen LogP contribution in [0.2, 0.25) is 0 Å². The standard InChI is InChI=1S/C23H32N2O4S/c1-17(2)25-30(27,28)16-19-11-7-6-10-18(19)14-24-22(26)15-29-21-13-9-8-12-20(21)23(3,4)5/h6-13,17,25H,14-16H2,1-5H3,(H,24,26). The minimum absolute atomic E-state index is 0.0957. The fourth-order valence-electron chi connectivity index (χ4n) is 3.08. The number of ether oxygens (including phenoxy) is 1. The van der Waals surface area contributed by atoms with Gasteiger partial charge in [0, 0.05) is 12.6 Å². The van der Waals surface area contributed by atoms with E-state index < -0.39 is 10.0 Å². The molecule has 0 heterocycles. The molecule has 0 spiro atoms. The summed E-state index contributed by atoms with van der Waals surface area (Å²) < 4.78 is 32.8. The Morgan fingerprint density at radius 3 is 2.23 bits per heavy atom. The molecule has 0 unspecified atom stereocenters. The fraction of sp³-hybridized carbons (Fsp3) is 0.435. The van der Waals surface area contributed by atoms with Crippen LogP contribution in [0.5, 0.6) is 5.75 Å². The normalized spacial score (nSPS) is 12.1. The Morgan fingerprint density at radius 2 is 1.60 bits per heavy atom. The van der Waals surface area contributed by atoms with Crippen LogP contribution in [0, 0.1) is 0 Å². The predicted molar refractivity (Wildman–Crippen MR) is 120 cm³/mol. The fourth-order valence-corrected chi connectivity index (χ4v) is 4.57. The van der Waals surface area contributed by atoms with Crippen LogP contribution in [0.3, 0.4) is 0 Å². The minimum Gasteiger partial charge on any atom is -0.483 e. The van der Waals surface area contributed by atoms with Crippen molar-refractivity contribution in [2.75, 3.05) is 6.61 Å². The highest BCUT2D eigenvalue weighted by atomic mass is 32.2. The van der Waals surface area contributed by atoms with E-state index in [4.69, 9.17) is 4.74 Å². The van der Waals surface area contributed by atoms with E-state index in [1.165, 1.54) is 0 Å². The summed E-state index contributed by atoms with van der Waals surface area (Å²) >= 11 is 0. The van der Waals surface area contributed by atoms with Crippen LogP contribution in [0.15, 0.2) is 48.5 Å². The van der Waals surface area contributed by atoms with Gasteiger partial charge in [-0.15, -0.1) is 0 Å². The van der Waals surface area contributed by atoms with E-state index in [-0.39, 0.29) is 36.3 Å². The lowest BCUT2D eigenvalue weighted by atomic mass is 9.86. The molecule has 0 aliphatic rings. The van der Waals surface area contributed by atoms with Gasteiger partial charge in [-0.05, 0) is 42.0 Å². The highest BCUT2D eigenvalue weighted by Gasteiger charge is 2.19. The van der Waals surface area contributed by atoms with Gasteiger partial charge < -0.3 is 10.1 Å². The van der Waals surface area contributed by atoms with Crippen LogP contribution in [-0.4, -0.2) is 27.0 Å². The van der Waals surface area contributed by atoms with Crippen LogP contribution >= 0.6 is 0 Å². The molecule has 0 aromatic heterocycles. The molecule has 30 heavy (non-hydrogen) atoms. The van der Waals surface area contributed by atoms with Gasteiger partial charge in [0.25, 0.3) is 5.91 Å². The smallest absolute Gasteiger partial charge is 0.258 e. The Balaban J connectivity index is 1.98. The van der Waals surface area contributed by atoms with Crippen molar-refractivity contribution in [1.82, 2.24) is 10.0 Å². The number of hydrogen-bond acceptors (Lipinski definition) is 4. The molecule has 0 fully saturated rings. The van der Waals surface area contributed by atoms with Crippen molar-refractivity contribution >= 4 is 15.9 Å². The number of carbonyl (C=O) groups is 1. The van der Waals surface area contributed by atoms with E-state index >= 15 is 0 Å². The largest absolute Gasteiger partial charge is 0.483 e. The van der Waals surface area contributed by atoms with E-state index in [0.717, 1.165) is 11.1 Å². The van der Waals surface area contributed by atoms with Crippen LogP contribution in [0.25, 0.3) is 0 Å². The molecule has 1 amide bonds. The van der Waals surface area contributed by atoms with Crippen molar-refractivity contribution in [2.24, 2.45) is 0 Å². The number of sulfonamides is 1. The highest BCUT2D eigenvalue weighted by Crippen LogP contribution is 2.30. The molecule has 2 aromatic rings. The quantitative estimate of drug-likeness (QED) is 0.635. The summed E-state index contributed by atoms with van der Waals surface area (Å²) in [6.07, 6.45) is 0. The molecular weight excluding hydrogens is 400 g/mol. The van der Waals surface area contributed by atoms with Crippen LogP contribution in [0.1, 0.15) is 51.3 Å². The molecular formula is C23H32N2O4S. The van der Waals surface area contributed by atoms with Crippen LogP contribution in [-0.2, 0) is 32.5 Å². The molecule has 0 aliphatic carbocycles. The maximum absolute atomic E-state index is 12.3. The van der Waals surface area contributed by atoms with E-state index in [2.05, 4.69) is 30.8 Å². The molecule has 0 atom stereocenters. The molecule has 0 saturated heterocycles. The molecule has 7 heteroatoms. The van der Waals surface area contributed by atoms with Crippen molar-refractivity contribution in [3.63, 3.8) is 0 Å². The number of amides is 1. The first-order chi connectivity index (χ1) is 14.0. The second kappa shape index (κ2) is 10.1. The summed E-state index contributed by atoms with van der Waals surface area (Å²) in [6, 6.07) is 14.7. The van der Waals surface area contributed by atoms with Crippen molar-refractivity contribution in [3.05, 3.63) is 65.2 Å². The summed E-state index contributed by atoms with van der Waals surface area (Å²) in [5.41, 5.74) is 2.35. The first-order valence-corrected chi connectivity index (χ1v) is 11.7. The van der Waals surface area contributed by atoms with Gasteiger partial charge in [0.15, 0.2) is 6.61 Å². The molecule has 0 saturated carbocycles. The topological polar surface area (TPSA) is 84.5 Å². The molecule has 0 bridgehead atoms. The Hall–Kier alpha value is -2.38. The van der Waals surface area contributed by atoms with Gasteiger partial charge in [0.2, 0.25) is 10.0 Å². The van der Waals surface area contributed by atoms with E-state index in [1.54, 1.807) is 26.0 Å². The van der Waals surface area contributed by atoms with E-state index in [0.29, 0.717) is 11.3 Å². The van der Waals surface area contributed by atoms with Gasteiger partial charge >= 0.3 is 0 Å². The number of carbonyl (C=O) groups excluding carboxylic acids is 1. The lowest BCUT2D eigenvalue weighted by molar-refractivity contribution is -0.123. The van der Waals surface area contributed by atoms with Gasteiger partial charge in [0.05, 0.1) is 5.75 Å². The van der Waals surface area contributed by atoms with Crippen LogP contribution < -0.4 is 14.8 Å². The van der Waals surface area contributed by atoms with Gasteiger partial charge in [-0.1, -0.05) is 63.2 Å². The summed E-state index contributed by atoms with van der Waals surface area (Å²) in [5, 5.41) is 2.82. The molecule has 2 aromatic carbocycles. The third-order valence-corrected chi connectivity index (χ3v) is 5.93. The molecule has 2 rings (SSSR count). The summed E-state index contributed by atoms with van der Waals surface area (Å²) in [7, 11) is -3.45. The summed E-state index contributed by atoms with van der Waals surface area (Å²) in [5.74, 6) is 0.287.